The van der Waals surface area contributed by atoms with Crippen LogP contribution in [-0.4, -0.2) is 48.9 Å². The number of nitrogens with one attached hydrogen (secondary N) is 2. The minimum atomic E-state index is -0.0555. The van der Waals surface area contributed by atoms with Gasteiger partial charge in [-0.1, -0.05) is 12.8 Å². The van der Waals surface area contributed by atoms with Crippen molar-refractivity contribution in [3.05, 3.63) is 0 Å². The van der Waals surface area contributed by atoms with E-state index in [1.165, 1.54) is 0 Å². The monoisotopic (exact) mass is 357 g/mol. The molecule has 3 rings (SSSR count). The molecule has 2 heterocycles. The molecule has 0 aromatic rings. The van der Waals surface area contributed by atoms with Crippen molar-refractivity contribution in [2.45, 2.75) is 57.9 Å². The minimum Gasteiger partial charge on any atom is -0.353 e. The normalized spacial score (nSPS) is 28.6. The van der Waals surface area contributed by atoms with Crippen LogP contribution in [0.25, 0.3) is 0 Å². The Kier molecular flexibility index (Phi) is 7.35. The number of carbonyl (C=O) groups is 2. The Labute approximate surface area is 151 Å². The standard InChI is InChI=1S/C18H31N3O2.ClH/c1-13(20-18(23)14-4-2-3-5-14)10-17(22)21-8-6-15-11-19-12-16(15)7-9-21;/h13-16,19H,2-12H2,1H3,(H,20,23);1H/t13?,15-,16+;. The second-order valence-electron chi connectivity index (χ2n) is 7.73. The lowest BCUT2D eigenvalue weighted by atomic mass is 9.92. The van der Waals surface area contributed by atoms with Crippen LogP contribution in [0.4, 0.5) is 0 Å². The summed E-state index contributed by atoms with van der Waals surface area (Å²) in [7, 11) is 0. The van der Waals surface area contributed by atoms with Crippen LogP contribution in [0.3, 0.4) is 0 Å². The van der Waals surface area contributed by atoms with Gasteiger partial charge in [0.2, 0.25) is 11.8 Å². The quantitative estimate of drug-likeness (QED) is 0.808. The molecule has 3 aliphatic rings. The van der Waals surface area contributed by atoms with Gasteiger partial charge < -0.3 is 15.5 Å². The predicted molar refractivity (Wildman–Crippen MR) is 97.1 cm³/mol. The number of rotatable bonds is 4. The Bertz CT molecular complexity index is 426. The molecule has 0 spiro atoms. The molecule has 2 N–H and O–H groups in total. The van der Waals surface area contributed by atoms with Crippen LogP contribution in [0.5, 0.6) is 0 Å². The summed E-state index contributed by atoms with van der Waals surface area (Å²) in [6, 6.07) is -0.0555. The second kappa shape index (κ2) is 9.04. The van der Waals surface area contributed by atoms with Crippen molar-refractivity contribution in [1.29, 1.82) is 0 Å². The fourth-order valence-corrected chi connectivity index (χ4v) is 4.46. The molecule has 0 radical (unpaired) electrons. The van der Waals surface area contributed by atoms with Crippen LogP contribution in [0, 0.1) is 17.8 Å². The average Bonchev–Trinajstić information content (AvgIpc) is 3.16. The van der Waals surface area contributed by atoms with Gasteiger partial charge in [0.15, 0.2) is 0 Å². The number of hydrogen-bond donors (Lipinski definition) is 2. The Morgan fingerprint density at radius 3 is 2.25 bits per heavy atom. The highest BCUT2D eigenvalue weighted by Crippen LogP contribution is 2.27. The maximum Gasteiger partial charge on any atom is 0.224 e. The van der Waals surface area contributed by atoms with Crippen molar-refractivity contribution >= 4 is 24.2 Å². The fraction of sp³-hybridized carbons (Fsp3) is 0.889. The molecule has 0 aromatic heterocycles. The van der Waals surface area contributed by atoms with E-state index in [0.717, 1.165) is 76.5 Å². The molecule has 1 aliphatic carbocycles. The lowest BCUT2D eigenvalue weighted by Crippen LogP contribution is -2.41. The fourth-order valence-electron chi connectivity index (χ4n) is 4.46. The molecule has 5 nitrogen and oxygen atoms in total. The van der Waals surface area contributed by atoms with Gasteiger partial charge in [-0.15, -0.1) is 12.4 Å². The topological polar surface area (TPSA) is 61.4 Å². The number of halogens is 1. The highest BCUT2D eigenvalue weighted by atomic mass is 35.5. The smallest absolute Gasteiger partial charge is 0.224 e. The average molecular weight is 358 g/mol. The van der Waals surface area contributed by atoms with Crippen molar-refractivity contribution in [3.63, 3.8) is 0 Å². The third kappa shape index (κ3) is 4.85. The van der Waals surface area contributed by atoms with Crippen LogP contribution in [0.2, 0.25) is 0 Å². The van der Waals surface area contributed by atoms with Crippen molar-refractivity contribution in [2.75, 3.05) is 26.2 Å². The van der Waals surface area contributed by atoms with Crippen molar-refractivity contribution in [2.24, 2.45) is 17.8 Å². The van der Waals surface area contributed by atoms with Crippen molar-refractivity contribution < 1.29 is 9.59 Å². The number of amides is 2. The maximum atomic E-state index is 12.5. The molecule has 1 saturated carbocycles. The van der Waals surface area contributed by atoms with E-state index in [9.17, 15) is 9.59 Å². The van der Waals surface area contributed by atoms with Gasteiger partial charge in [-0.25, -0.2) is 0 Å². The van der Waals surface area contributed by atoms with Gasteiger partial charge >= 0.3 is 0 Å². The first-order valence-electron chi connectivity index (χ1n) is 9.42. The third-order valence-corrected chi connectivity index (χ3v) is 5.97. The number of likely N-dealkylation sites (tertiary alicyclic amines) is 1. The minimum absolute atomic E-state index is 0. The summed E-state index contributed by atoms with van der Waals surface area (Å²) in [6.07, 6.45) is 7.02. The highest BCUT2D eigenvalue weighted by molar-refractivity contribution is 5.85. The van der Waals surface area contributed by atoms with Gasteiger partial charge in [0.25, 0.3) is 0 Å². The van der Waals surface area contributed by atoms with Gasteiger partial charge in [0.05, 0.1) is 0 Å². The Hall–Kier alpha value is -0.810. The van der Waals surface area contributed by atoms with Crippen molar-refractivity contribution in [1.82, 2.24) is 15.5 Å². The maximum absolute atomic E-state index is 12.5. The number of hydrogen-bond acceptors (Lipinski definition) is 3. The van der Waals surface area contributed by atoms with Gasteiger partial charge in [-0.05, 0) is 57.5 Å². The molecule has 3 atom stereocenters. The highest BCUT2D eigenvalue weighted by Gasteiger charge is 2.32. The van der Waals surface area contributed by atoms with Gasteiger partial charge in [0, 0.05) is 31.5 Å². The molecule has 3 fully saturated rings. The number of carbonyl (C=O) groups excluding carboxylic acids is 2. The van der Waals surface area contributed by atoms with Crippen molar-refractivity contribution in [3.8, 4) is 0 Å². The van der Waals surface area contributed by atoms with Crippen LogP contribution in [0.15, 0.2) is 0 Å². The Morgan fingerprint density at radius 2 is 1.67 bits per heavy atom. The SMILES string of the molecule is CC(CC(=O)N1CC[C@@H]2CNC[C@@H]2CC1)NC(=O)C1CCCC1.Cl. The first kappa shape index (κ1) is 19.5. The molecule has 24 heavy (non-hydrogen) atoms. The molecule has 2 saturated heterocycles. The van der Waals surface area contributed by atoms with E-state index in [0.29, 0.717) is 6.42 Å². The summed E-state index contributed by atoms with van der Waals surface area (Å²) >= 11 is 0. The molecule has 0 bridgehead atoms. The van der Waals surface area contributed by atoms with E-state index >= 15 is 0 Å². The summed E-state index contributed by atoms with van der Waals surface area (Å²) in [6.45, 7) is 5.94. The van der Waals surface area contributed by atoms with Crippen LogP contribution < -0.4 is 10.6 Å². The second-order valence-corrected chi connectivity index (χ2v) is 7.73. The lowest BCUT2D eigenvalue weighted by Gasteiger charge is -2.24. The molecule has 6 heteroatoms. The first-order chi connectivity index (χ1) is 11.1. The zero-order chi connectivity index (χ0) is 16.2. The molecular formula is C18H32ClN3O2. The zero-order valence-corrected chi connectivity index (χ0v) is 15.6. The lowest BCUT2D eigenvalue weighted by molar-refractivity contribution is -0.132. The Morgan fingerprint density at radius 1 is 1.08 bits per heavy atom. The Balaban J connectivity index is 0.00000208. The number of fused-ring (bicyclic) bond motifs is 1. The summed E-state index contributed by atoms with van der Waals surface area (Å²) in [5.41, 5.74) is 0. The van der Waals surface area contributed by atoms with E-state index in [1.807, 2.05) is 11.8 Å². The molecule has 1 unspecified atom stereocenters. The molecule has 2 aliphatic heterocycles. The summed E-state index contributed by atoms with van der Waals surface area (Å²) < 4.78 is 0. The van der Waals surface area contributed by atoms with E-state index in [4.69, 9.17) is 0 Å². The predicted octanol–water partition coefficient (Wildman–Crippen LogP) is 1.95. The van der Waals surface area contributed by atoms with Gasteiger partial charge in [0.1, 0.15) is 0 Å². The summed E-state index contributed by atoms with van der Waals surface area (Å²) in [4.78, 5) is 26.7. The molecular weight excluding hydrogens is 326 g/mol. The van der Waals surface area contributed by atoms with Crippen LogP contribution in [0.1, 0.15) is 51.9 Å². The third-order valence-electron chi connectivity index (χ3n) is 5.97. The molecule has 0 aromatic carbocycles. The first-order valence-corrected chi connectivity index (χ1v) is 9.42. The molecule has 2 amide bonds. The van der Waals surface area contributed by atoms with Crippen LogP contribution >= 0.6 is 12.4 Å². The van der Waals surface area contributed by atoms with E-state index in [1.54, 1.807) is 0 Å². The summed E-state index contributed by atoms with van der Waals surface area (Å²) in [5, 5.41) is 6.52. The van der Waals surface area contributed by atoms with Crippen LogP contribution in [-0.2, 0) is 9.59 Å². The van der Waals surface area contributed by atoms with Gasteiger partial charge in [-0.3, -0.25) is 9.59 Å². The van der Waals surface area contributed by atoms with E-state index in [-0.39, 0.29) is 36.2 Å². The molecule has 138 valence electrons. The number of nitrogens with zero attached hydrogens (tertiary/aromatic N) is 1. The summed E-state index contributed by atoms with van der Waals surface area (Å²) in [5.74, 6) is 2.02. The van der Waals surface area contributed by atoms with E-state index < -0.39 is 0 Å². The van der Waals surface area contributed by atoms with E-state index in [2.05, 4.69) is 10.6 Å². The van der Waals surface area contributed by atoms with Gasteiger partial charge in [-0.2, -0.15) is 0 Å². The zero-order valence-electron chi connectivity index (χ0n) is 14.8. The largest absolute Gasteiger partial charge is 0.353 e.